The molecule has 0 spiro atoms. The van der Waals surface area contributed by atoms with E-state index in [1.54, 1.807) is 12.1 Å². The SMILES string of the molecule is N#Cc1ccc2cc(C(=O)NC3CCCCC3)[nH]c2c1. The standard InChI is InChI=1S/C16H17N3O/c17-10-11-6-7-12-9-15(19-14(12)8-11)16(20)18-13-4-2-1-3-5-13/h6-9,13,19H,1-5H2,(H,18,20). The number of aromatic nitrogens is 1. The van der Waals surface area contributed by atoms with Crippen LogP contribution in [0, 0.1) is 11.3 Å². The number of H-pyrrole nitrogens is 1. The lowest BCUT2D eigenvalue weighted by atomic mass is 9.95. The molecule has 2 N–H and O–H groups in total. The number of hydrogen-bond acceptors (Lipinski definition) is 2. The summed E-state index contributed by atoms with van der Waals surface area (Å²) >= 11 is 0. The molecule has 102 valence electrons. The van der Waals surface area contributed by atoms with E-state index in [-0.39, 0.29) is 5.91 Å². The molecule has 20 heavy (non-hydrogen) atoms. The van der Waals surface area contributed by atoms with Gasteiger partial charge in [-0.2, -0.15) is 5.26 Å². The van der Waals surface area contributed by atoms with E-state index in [9.17, 15) is 4.79 Å². The summed E-state index contributed by atoms with van der Waals surface area (Å²) in [6, 6.07) is 9.64. The van der Waals surface area contributed by atoms with Crippen LogP contribution < -0.4 is 5.32 Å². The Kier molecular flexibility index (Phi) is 3.42. The van der Waals surface area contributed by atoms with Gasteiger partial charge in [0, 0.05) is 16.9 Å². The van der Waals surface area contributed by atoms with Gasteiger partial charge in [0.2, 0.25) is 0 Å². The summed E-state index contributed by atoms with van der Waals surface area (Å²) in [7, 11) is 0. The molecule has 1 fully saturated rings. The van der Waals surface area contributed by atoms with Crippen molar-refractivity contribution in [2.45, 2.75) is 38.1 Å². The molecular formula is C16H17N3O. The minimum atomic E-state index is -0.0494. The minimum Gasteiger partial charge on any atom is -0.350 e. The summed E-state index contributed by atoms with van der Waals surface area (Å²) in [5, 5.41) is 12.9. The van der Waals surface area contributed by atoms with Crippen LogP contribution in [0.5, 0.6) is 0 Å². The Morgan fingerprint density at radius 1 is 1.25 bits per heavy atom. The second-order valence-electron chi connectivity index (χ2n) is 5.41. The first-order valence-electron chi connectivity index (χ1n) is 7.10. The Labute approximate surface area is 117 Å². The molecule has 0 aliphatic heterocycles. The van der Waals surface area contributed by atoms with Gasteiger partial charge < -0.3 is 10.3 Å². The molecule has 4 nitrogen and oxygen atoms in total. The summed E-state index contributed by atoms with van der Waals surface area (Å²) in [6.45, 7) is 0. The molecule has 1 heterocycles. The third-order valence-electron chi connectivity index (χ3n) is 3.94. The average Bonchev–Trinajstić information content (AvgIpc) is 2.91. The molecule has 1 aromatic heterocycles. The van der Waals surface area contributed by atoms with Crippen molar-refractivity contribution in [3.63, 3.8) is 0 Å². The Balaban J connectivity index is 1.79. The van der Waals surface area contributed by atoms with E-state index in [4.69, 9.17) is 5.26 Å². The lowest BCUT2D eigenvalue weighted by Gasteiger charge is -2.22. The Morgan fingerprint density at radius 2 is 2.05 bits per heavy atom. The molecule has 0 radical (unpaired) electrons. The molecule has 0 atom stereocenters. The van der Waals surface area contributed by atoms with Crippen LogP contribution in [0.2, 0.25) is 0 Å². The summed E-state index contributed by atoms with van der Waals surface area (Å²) in [5.41, 5.74) is 2.00. The molecule has 0 saturated heterocycles. The monoisotopic (exact) mass is 267 g/mol. The topological polar surface area (TPSA) is 68.7 Å². The van der Waals surface area contributed by atoms with E-state index in [2.05, 4.69) is 16.4 Å². The summed E-state index contributed by atoms with van der Waals surface area (Å²) in [6.07, 6.45) is 5.82. The van der Waals surface area contributed by atoms with Gasteiger partial charge in [-0.25, -0.2) is 0 Å². The average molecular weight is 267 g/mol. The molecule has 1 amide bonds. The zero-order valence-electron chi connectivity index (χ0n) is 11.3. The molecule has 2 aromatic rings. The number of rotatable bonds is 2. The number of nitriles is 1. The van der Waals surface area contributed by atoms with Crippen molar-refractivity contribution in [3.05, 3.63) is 35.5 Å². The molecule has 1 aromatic carbocycles. The lowest BCUT2D eigenvalue weighted by molar-refractivity contribution is 0.0923. The van der Waals surface area contributed by atoms with Crippen LogP contribution in [0.3, 0.4) is 0 Å². The zero-order valence-corrected chi connectivity index (χ0v) is 11.3. The second kappa shape index (κ2) is 5.38. The maximum absolute atomic E-state index is 12.2. The Morgan fingerprint density at radius 3 is 2.80 bits per heavy atom. The number of fused-ring (bicyclic) bond motifs is 1. The van der Waals surface area contributed by atoms with Gasteiger partial charge in [0.1, 0.15) is 5.69 Å². The van der Waals surface area contributed by atoms with Crippen LogP contribution in [0.15, 0.2) is 24.3 Å². The van der Waals surface area contributed by atoms with Crippen molar-refractivity contribution >= 4 is 16.8 Å². The summed E-state index contributed by atoms with van der Waals surface area (Å²) < 4.78 is 0. The predicted molar refractivity (Wildman–Crippen MR) is 77.4 cm³/mol. The fourth-order valence-electron chi connectivity index (χ4n) is 2.83. The van der Waals surface area contributed by atoms with Crippen LogP contribution >= 0.6 is 0 Å². The second-order valence-corrected chi connectivity index (χ2v) is 5.41. The van der Waals surface area contributed by atoms with Crippen LogP contribution in [-0.2, 0) is 0 Å². The van der Waals surface area contributed by atoms with Gasteiger partial charge in [-0.15, -0.1) is 0 Å². The van der Waals surface area contributed by atoms with E-state index in [0.717, 1.165) is 23.7 Å². The predicted octanol–water partition coefficient (Wildman–Crippen LogP) is 3.10. The normalized spacial score (nSPS) is 15.9. The quantitative estimate of drug-likeness (QED) is 0.877. The highest BCUT2D eigenvalue weighted by molar-refractivity contribution is 5.98. The molecule has 0 bridgehead atoms. The molecular weight excluding hydrogens is 250 g/mol. The number of benzene rings is 1. The maximum Gasteiger partial charge on any atom is 0.267 e. The van der Waals surface area contributed by atoms with Crippen LogP contribution in [0.1, 0.15) is 48.2 Å². The van der Waals surface area contributed by atoms with Crippen molar-refractivity contribution in [2.24, 2.45) is 0 Å². The number of aromatic amines is 1. The number of amides is 1. The molecule has 1 saturated carbocycles. The van der Waals surface area contributed by atoms with Gasteiger partial charge in [-0.3, -0.25) is 4.79 Å². The number of carbonyl (C=O) groups excluding carboxylic acids is 1. The summed E-state index contributed by atoms with van der Waals surface area (Å²) in [5.74, 6) is -0.0494. The van der Waals surface area contributed by atoms with Crippen molar-refractivity contribution in [3.8, 4) is 6.07 Å². The van der Waals surface area contributed by atoms with E-state index in [1.165, 1.54) is 19.3 Å². The van der Waals surface area contributed by atoms with E-state index >= 15 is 0 Å². The molecule has 4 heteroatoms. The first-order valence-corrected chi connectivity index (χ1v) is 7.10. The van der Waals surface area contributed by atoms with E-state index in [1.807, 2.05) is 12.1 Å². The number of hydrogen-bond donors (Lipinski definition) is 2. The fourth-order valence-corrected chi connectivity index (χ4v) is 2.83. The largest absolute Gasteiger partial charge is 0.350 e. The van der Waals surface area contributed by atoms with Gasteiger partial charge >= 0.3 is 0 Å². The number of nitrogens with one attached hydrogen (secondary N) is 2. The van der Waals surface area contributed by atoms with Gasteiger partial charge in [-0.1, -0.05) is 25.3 Å². The van der Waals surface area contributed by atoms with E-state index in [0.29, 0.717) is 17.3 Å². The van der Waals surface area contributed by atoms with Crippen molar-refractivity contribution < 1.29 is 4.79 Å². The lowest BCUT2D eigenvalue weighted by Crippen LogP contribution is -2.36. The highest BCUT2D eigenvalue weighted by atomic mass is 16.1. The van der Waals surface area contributed by atoms with E-state index < -0.39 is 0 Å². The minimum absolute atomic E-state index is 0.0494. The van der Waals surface area contributed by atoms with Crippen molar-refractivity contribution in [2.75, 3.05) is 0 Å². The molecule has 1 aliphatic rings. The van der Waals surface area contributed by atoms with Gasteiger partial charge in [0.15, 0.2) is 0 Å². The first-order chi connectivity index (χ1) is 9.76. The Bertz CT molecular complexity index is 675. The zero-order chi connectivity index (χ0) is 13.9. The van der Waals surface area contributed by atoms with Crippen molar-refractivity contribution in [1.82, 2.24) is 10.3 Å². The summed E-state index contributed by atoms with van der Waals surface area (Å²) in [4.78, 5) is 15.3. The smallest absolute Gasteiger partial charge is 0.267 e. The van der Waals surface area contributed by atoms with Gasteiger partial charge in [0.25, 0.3) is 5.91 Å². The number of carbonyl (C=O) groups is 1. The van der Waals surface area contributed by atoms with Gasteiger partial charge in [0.05, 0.1) is 11.6 Å². The number of nitrogens with zero attached hydrogens (tertiary/aromatic N) is 1. The molecule has 1 aliphatic carbocycles. The first kappa shape index (κ1) is 12.7. The van der Waals surface area contributed by atoms with Crippen molar-refractivity contribution in [1.29, 1.82) is 5.26 Å². The highest BCUT2D eigenvalue weighted by Crippen LogP contribution is 2.20. The van der Waals surface area contributed by atoms with Crippen LogP contribution in [0.4, 0.5) is 0 Å². The van der Waals surface area contributed by atoms with Crippen LogP contribution in [-0.4, -0.2) is 16.9 Å². The molecule has 3 rings (SSSR count). The highest BCUT2D eigenvalue weighted by Gasteiger charge is 2.17. The third kappa shape index (κ3) is 2.53. The molecule has 0 unspecified atom stereocenters. The maximum atomic E-state index is 12.2. The van der Waals surface area contributed by atoms with Crippen LogP contribution in [0.25, 0.3) is 10.9 Å². The van der Waals surface area contributed by atoms with Gasteiger partial charge in [-0.05, 0) is 31.0 Å². The Hall–Kier alpha value is -2.28. The fraction of sp³-hybridized carbons (Fsp3) is 0.375. The third-order valence-corrected chi connectivity index (χ3v) is 3.94.